The smallest absolute Gasteiger partial charge is 0.233 e. The van der Waals surface area contributed by atoms with Crippen molar-refractivity contribution in [3.05, 3.63) is 24.1 Å². The van der Waals surface area contributed by atoms with Gasteiger partial charge in [0.25, 0.3) is 0 Å². The molecule has 1 aromatic heterocycles. The summed E-state index contributed by atoms with van der Waals surface area (Å²) >= 11 is 4.78. The molecule has 0 saturated heterocycles. The normalized spacial score (nSPS) is 12.7. The van der Waals surface area contributed by atoms with Crippen LogP contribution in [0.15, 0.2) is 22.7 Å². The highest BCUT2D eigenvalue weighted by Gasteiger charge is 2.16. The molecule has 0 saturated carbocycles. The average Bonchev–Trinajstić information content (AvgIpc) is 2.95. The van der Waals surface area contributed by atoms with Gasteiger partial charge in [0.05, 0.1) is 11.4 Å². The first-order chi connectivity index (χ1) is 8.72. The first-order valence-corrected chi connectivity index (χ1v) is 5.64. The minimum Gasteiger partial charge on any atom is -0.454 e. The van der Waals surface area contributed by atoms with Crippen LogP contribution in [-0.2, 0) is 6.42 Å². The fraction of sp³-hybridized carbons (Fsp3) is 0.182. The molecule has 1 aliphatic rings. The summed E-state index contributed by atoms with van der Waals surface area (Å²) in [6.45, 7) is 0.234. The van der Waals surface area contributed by atoms with Crippen LogP contribution in [0.25, 0.3) is 11.4 Å². The van der Waals surface area contributed by atoms with E-state index in [9.17, 15) is 0 Å². The van der Waals surface area contributed by atoms with Crippen molar-refractivity contribution in [2.75, 3.05) is 6.79 Å². The Morgan fingerprint density at radius 3 is 3.00 bits per heavy atom. The number of hydrogen-bond donors (Lipinski definition) is 1. The Hall–Kier alpha value is -2.15. The van der Waals surface area contributed by atoms with Crippen molar-refractivity contribution in [1.82, 2.24) is 10.1 Å². The van der Waals surface area contributed by atoms with Gasteiger partial charge in [-0.05, 0) is 18.2 Å². The monoisotopic (exact) mass is 263 g/mol. The Balaban J connectivity index is 1.90. The molecule has 0 aliphatic carbocycles. The Kier molecular flexibility index (Phi) is 2.60. The topological polar surface area (TPSA) is 83.4 Å². The highest BCUT2D eigenvalue weighted by Crippen LogP contribution is 2.35. The molecule has 0 fully saturated rings. The van der Waals surface area contributed by atoms with E-state index in [1.165, 1.54) is 0 Å². The van der Waals surface area contributed by atoms with E-state index >= 15 is 0 Å². The molecule has 1 aliphatic heterocycles. The van der Waals surface area contributed by atoms with E-state index < -0.39 is 0 Å². The summed E-state index contributed by atoms with van der Waals surface area (Å²) in [6, 6.07) is 5.45. The second-order valence-corrected chi connectivity index (χ2v) is 4.25. The van der Waals surface area contributed by atoms with Crippen LogP contribution in [-0.4, -0.2) is 21.9 Å². The van der Waals surface area contributed by atoms with Gasteiger partial charge in [-0.25, -0.2) is 0 Å². The molecular weight excluding hydrogens is 254 g/mol. The standard InChI is InChI=1S/C11H9N3O3S/c12-9(18)4-10-13-11(14-17-10)6-1-2-7-8(3-6)16-5-15-7/h1-3H,4-5H2,(H2,12,18). The number of ether oxygens (including phenoxy) is 2. The van der Waals surface area contributed by atoms with Crippen molar-refractivity contribution in [1.29, 1.82) is 0 Å². The highest BCUT2D eigenvalue weighted by atomic mass is 32.1. The number of thiocarbonyl (C=S) groups is 1. The maximum atomic E-state index is 5.41. The van der Waals surface area contributed by atoms with Crippen molar-refractivity contribution < 1.29 is 14.0 Å². The van der Waals surface area contributed by atoms with Crippen LogP contribution in [0.5, 0.6) is 11.5 Å². The van der Waals surface area contributed by atoms with Crippen molar-refractivity contribution >= 4 is 17.2 Å². The molecule has 0 atom stereocenters. The van der Waals surface area contributed by atoms with E-state index in [0.717, 1.165) is 5.56 Å². The van der Waals surface area contributed by atoms with Gasteiger partial charge in [0.15, 0.2) is 11.5 Å². The molecule has 2 heterocycles. The van der Waals surface area contributed by atoms with E-state index in [1.807, 2.05) is 6.07 Å². The fourth-order valence-corrected chi connectivity index (χ4v) is 1.75. The molecule has 0 bridgehead atoms. The Morgan fingerprint density at radius 2 is 2.17 bits per heavy atom. The van der Waals surface area contributed by atoms with Gasteiger partial charge in [-0.2, -0.15) is 4.98 Å². The van der Waals surface area contributed by atoms with Crippen LogP contribution in [0.1, 0.15) is 5.89 Å². The van der Waals surface area contributed by atoms with Crippen LogP contribution in [0, 0.1) is 0 Å². The van der Waals surface area contributed by atoms with Crippen LogP contribution in [0.2, 0.25) is 0 Å². The summed E-state index contributed by atoms with van der Waals surface area (Å²) in [4.78, 5) is 4.52. The van der Waals surface area contributed by atoms with Crippen molar-refractivity contribution in [3.63, 3.8) is 0 Å². The quantitative estimate of drug-likeness (QED) is 0.835. The van der Waals surface area contributed by atoms with Gasteiger partial charge in [0, 0.05) is 5.56 Å². The number of aromatic nitrogens is 2. The summed E-state index contributed by atoms with van der Waals surface area (Å²) in [5, 5.41) is 3.87. The van der Waals surface area contributed by atoms with Crippen LogP contribution >= 0.6 is 12.2 Å². The lowest BCUT2D eigenvalue weighted by molar-refractivity contribution is 0.174. The zero-order chi connectivity index (χ0) is 12.5. The third-order valence-electron chi connectivity index (χ3n) is 2.42. The largest absolute Gasteiger partial charge is 0.454 e. The predicted octanol–water partition coefficient (Wildman–Crippen LogP) is 1.29. The lowest BCUT2D eigenvalue weighted by Crippen LogP contribution is -2.11. The molecule has 6 nitrogen and oxygen atoms in total. The van der Waals surface area contributed by atoms with Crippen LogP contribution in [0.3, 0.4) is 0 Å². The molecule has 2 N–H and O–H groups in total. The molecular formula is C11H9N3O3S. The van der Waals surface area contributed by atoms with E-state index in [0.29, 0.717) is 34.6 Å². The predicted molar refractivity (Wildman–Crippen MR) is 66.3 cm³/mol. The third kappa shape index (κ3) is 2.00. The molecule has 0 radical (unpaired) electrons. The summed E-state index contributed by atoms with van der Waals surface area (Å²) in [7, 11) is 0. The average molecular weight is 263 g/mol. The number of benzene rings is 1. The van der Waals surface area contributed by atoms with E-state index in [1.54, 1.807) is 12.1 Å². The van der Waals surface area contributed by atoms with Crippen molar-refractivity contribution in [2.45, 2.75) is 6.42 Å². The van der Waals surface area contributed by atoms with Crippen molar-refractivity contribution in [3.8, 4) is 22.9 Å². The maximum absolute atomic E-state index is 5.41. The van der Waals surface area contributed by atoms with E-state index in [-0.39, 0.29) is 6.79 Å². The molecule has 2 aromatic rings. The summed E-state index contributed by atoms with van der Waals surface area (Å²) in [6.07, 6.45) is 0.298. The first kappa shape index (κ1) is 11.0. The molecule has 0 spiro atoms. The van der Waals surface area contributed by atoms with E-state index in [4.69, 9.17) is 31.9 Å². The maximum Gasteiger partial charge on any atom is 0.233 e. The minimum absolute atomic E-state index is 0.234. The SMILES string of the molecule is NC(=S)Cc1nc(-c2ccc3c(c2)OCO3)no1. The highest BCUT2D eigenvalue weighted by molar-refractivity contribution is 7.80. The van der Waals surface area contributed by atoms with Crippen molar-refractivity contribution in [2.24, 2.45) is 5.73 Å². The van der Waals surface area contributed by atoms with Gasteiger partial charge in [0.2, 0.25) is 18.5 Å². The molecule has 18 heavy (non-hydrogen) atoms. The lowest BCUT2D eigenvalue weighted by atomic mass is 10.2. The Bertz CT molecular complexity index is 611. The number of fused-ring (bicyclic) bond motifs is 1. The molecule has 0 unspecified atom stereocenters. The molecule has 7 heteroatoms. The van der Waals surface area contributed by atoms with Gasteiger partial charge in [-0.3, -0.25) is 0 Å². The Morgan fingerprint density at radius 1 is 1.33 bits per heavy atom. The minimum atomic E-state index is 0.234. The molecule has 3 rings (SSSR count). The Labute approximate surface area is 108 Å². The van der Waals surface area contributed by atoms with Gasteiger partial charge in [-0.1, -0.05) is 17.4 Å². The lowest BCUT2D eigenvalue weighted by Gasteiger charge is -1.97. The van der Waals surface area contributed by atoms with Gasteiger partial charge >= 0.3 is 0 Å². The second kappa shape index (κ2) is 4.26. The fourth-order valence-electron chi connectivity index (χ4n) is 1.63. The molecule has 92 valence electrons. The molecule has 1 aromatic carbocycles. The molecule has 0 amide bonds. The first-order valence-electron chi connectivity index (χ1n) is 5.23. The number of rotatable bonds is 3. The van der Waals surface area contributed by atoms with Gasteiger partial charge in [-0.15, -0.1) is 0 Å². The van der Waals surface area contributed by atoms with Crippen LogP contribution < -0.4 is 15.2 Å². The van der Waals surface area contributed by atoms with E-state index in [2.05, 4.69) is 10.1 Å². The zero-order valence-corrected chi connectivity index (χ0v) is 10.1. The van der Waals surface area contributed by atoms with Gasteiger partial charge < -0.3 is 19.7 Å². The third-order valence-corrected chi connectivity index (χ3v) is 2.57. The zero-order valence-electron chi connectivity index (χ0n) is 9.25. The summed E-state index contributed by atoms with van der Waals surface area (Å²) < 4.78 is 15.6. The number of nitrogens with zero attached hydrogens (tertiary/aromatic N) is 2. The van der Waals surface area contributed by atoms with Crippen LogP contribution in [0.4, 0.5) is 0 Å². The second-order valence-electron chi connectivity index (χ2n) is 3.72. The number of hydrogen-bond acceptors (Lipinski definition) is 6. The van der Waals surface area contributed by atoms with Gasteiger partial charge in [0.1, 0.15) is 0 Å². The summed E-state index contributed by atoms with van der Waals surface area (Å²) in [5.41, 5.74) is 6.20. The number of nitrogens with two attached hydrogens (primary N) is 1. The summed E-state index contributed by atoms with van der Waals surface area (Å²) in [5.74, 6) is 2.26.